The van der Waals surface area contributed by atoms with E-state index in [0.717, 1.165) is 41.6 Å². The molecule has 1 aliphatic heterocycles. The van der Waals surface area contributed by atoms with Gasteiger partial charge in [0.1, 0.15) is 5.39 Å². The third-order valence-electron chi connectivity index (χ3n) is 5.00. The topological polar surface area (TPSA) is 80.4 Å². The van der Waals surface area contributed by atoms with Crippen LogP contribution in [0.3, 0.4) is 0 Å². The Morgan fingerprint density at radius 2 is 2.00 bits per heavy atom. The number of aromatic nitrogens is 3. The van der Waals surface area contributed by atoms with Gasteiger partial charge in [-0.2, -0.15) is 0 Å². The van der Waals surface area contributed by atoms with Gasteiger partial charge in [-0.25, -0.2) is 9.78 Å². The number of hydrogen-bond acceptors (Lipinski definition) is 5. The van der Waals surface area contributed by atoms with Gasteiger partial charge in [0.05, 0.1) is 5.69 Å². The quantitative estimate of drug-likeness (QED) is 0.894. The van der Waals surface area contributed by atoms with E-state index in [2.05, 4.69) is 9.88 Å². The zero-order valence-corrected chi connectivity index (χ0v) is 14.4. The van der Waals surface area contributed by atoms with Crippen molar-refractivity contribution in [3.8, 4) is 0 Å². The van der Waals surface area contributed by atoms with Crippen molar-refractivity contribution >= 4 is 16.7 Å². The molecule has 130 valence electrons. The molecular formula is C17H24N4O3. The maximum atomic E-state index is 12.8. The summed E-state index contributed by atoms with van der Waals surface area (Å²) in [4.78, 5) is 31.6. The number of aryl methyl sites for hydroxylation is 2. The van der Waals surface area contributed by atoms with Crippen LogP contribution in [0.15, 0.2) is 15.8 Å². The van der Waals surface area contributed by atoms with Gasteiger partial charge in [-0.1, -0.05) is 0 Å². The first-order chi connectivity index (χ1) is 11.5. The Bertz CT molecular complexity index is 882. The SMILES string of the molecule is Cc1cnc2c(c1N1CCCCC1CCO)c(=O)n(C)c(=O)n2C. The lowest BCUT2D eigenvalue weighted by Gasteiger charge is -2.38. The van der Waals surface area contributed by atoms with Crippen LogP contribution in [0.1, 0.15) is 31.2 Å². The predicted molar refractivity (Wildman–Crippen MR) is 93.6 cm³/mol. The summed E-state index contributed by atoms with van der Waals surface area (Å²) in [6.45, 7) is 2.91. The van der Waals surface area contributed by atoms with Crippen molar-refractivity contribution in [3.63, 3.8) is 0 Å². The summed E-state index contributed by atoms with van der Waals surface area (Å²) in [6, 6.07) is 0.204. The molecule has 0 amide bonds. The summed E-state index contributed by atoms with van der Waals surface area (Å²) in [6.07, 6.45) is 5.57. The molecule has 3 rings (SSSR count). The normalized spacial score (nSPS) is 18.3. The fourth-order valence-corrected chi connectivity index (χ4v) is 3.72. The number of piperidine rings is 1. The van der Waals surface area contributed by atoms with Gasteiger partial charge in [-0.05, 0) is 38.2 Å². The van der Waals surface area contributed by atoms with E-state index in [1.807, 2.05) is 6.92 Å². The summed E-state index contributed by atoms with van der Waals surface area (Å²) in [7, 11) is 3.13. The van der Waals surface area contributed by atoms with E-state index in [4.69, 9.17) is 0 Å². The van der Waals surface area contributed by atoms with Gasteiger partial charge in [0, 0.05) is 39.5 Å². The maximum absolute atomic E-state index is 12.8. The lowest BCUT2D eigenvalue weighted by molar-refractivity contribution is 0.262. The lowest BCUT2D eigenvalue weighted by Crippen LogP contribution is -2.43. The molecule has 3 heterocycles. The summed E-state index contributed by atoms with van der Waals surface area (Å²) >= 11 is 0. The second-order valence-corrected chi connectivity index (χ2v) is 6.55. The highest BCUT2D eigenvalue weighted by Crippen LogP contribution is 2.32. The number of rotatable bonds is 3. The van der Waals surface area contributed by atoms with Gasteiger partial charge < -0.3 is 10.0 Å². The van der Waals surface area contributed by atoms with Crippen LogP contribution in [0.25, 0.3) is 11.0 Å². The third kappa shape index (κ3) is 2.53. The first-order valence-corrected chi connectivity index (χ1v) is 8.40. The summed E-state index contributed by atoms with van der Waals surface area (Å²) in [5, 5.41) is 9.88. The van der Waals surface area contributed by atoms with Gasteiger partial charge in [0.25, 0.3) is 5.56 Å². The first kappa shape index (κ1) is 16.7. The second-order valence-electron chi connectivity index (χ2n) is 6.55. The van der Waals surface area contributed by atoms with E-state index in [1.165, 1.54) is 11.6 Å². The molecule has 1 atom stereocenters. The van der Waals surface area contributed by atoms with Gasteiger partial charge in [0.2, 0.25) is 0 Å². The smallest absolute Gasteiger partial charge is 0.332 e. The summed E-state index contributed by atoms with van der Waals surface area (Å²) < 4.78 is 2.56. The van der Waals surface area contributed by atoms with Crippen LogP contribution in [0.5, 0.6) is 0 Å². The molecular weight excluding hydrogens is 308 g/mol. The van der Waals surface area contributed by atoms with Crippen LogP contribution >= 0.6 is 0 Å². The van der Waals surface area contributed by atoms with Crippen LogP contribution < -0.4 is 16.1 Å². The molecule has 0 aromatic carbocycles. The Morgan fingerprint density at radius 1 is 1.25 bits per heavy atom. The molecule has 7 heteroatoms. The van der Waals surface area contributed by atoms with Crippen LogP contribution in [0, 0.1) is 6.92 Å². The molecule has 0 saturated carbocycles. The van der Waals surface area contributed by atoms with Crippen molar-refractivity contribution in [3.05, 3.63) is 32.6 Å². The van der Waals surface area contributed by atoms with E-state index in [9.17, 15) is 14.7 Å². The number of fused-ring (bicyclic) bond motifs is 1. The maximum Gasteiger partial charge on any atom is 0.332 e. The molecule has 0 bridgehead atoms. The van der Waals surface area contributed by atoms with Crippen LogP contribution in [-0.4, -0.2) is 38.4 Å². The van der Waals surface area contributed by atoms with Crippen molar-refractivity contribution in [1.82, 2.24) is 14.1 Å². The third-order valence-corrected chi connectivity index (χ3v) is 5.00. The molecule has 1 N–H and O–H groups in total. The number of aliphatic hydroxyl groups is 1. The zero-order chi connectivity index (χ0) is 17.4. The first-order valence-electron chi connectivity index (χ1n) is 8.40. The average molecular weight is 332 g/mol. The molecule has 0 aliphatic carbocycles. The van der Waals surface area contributed by atoms with Crippen molar-refractivity contribution < 1.29 is 5.11 Å². The van der Waals surface area contributed by atoms with Crippen LogP contribution in [0.2, 0.25) is 0 Å². The average Bonchev–Trinajstić information content (AvgIpc) is 2.59. The Balaban J connectivity index is 2.33. The summed E-state index contributed by atoms with van der Waals surface area (Å²) in [5.74, 6) is 0. The molecule has 2 aromatic rings. The molecule has 1 aliphatic rings. The van der Waals surface area contributed by atoms with Gasteiger partial charge in [-0.3, -0.25) is 13.9 Å². The van der Waals surface area contributed by atoms with E-state index in [0.29, 0.717) is 17.5 Å². The van der Waals surface area contributed by atoms with Crippen molar-refractivity contribution in [2.75, 3.05) is 18.1 Å². The van der Waals surface area contributed by atoms with E-state index in [-0.39, 0.29) is 23.9 Å². The molecule has 24 heavy (non-hydrogen) atoms. The minimum absolute atomic E-state index is 0.125. The standard InChI is InChI=1S/C17H24N4O3/c1-11-10-18-15-13(16(23)20(3)17(24)19(15)2)14(11)21-8-5-4-6-12(21)7-9-22/h10,12,22H,4-9H2,1-3H3. The number of hydrogen-bond donors (Lipinski definition) is 1. The number of aliphatic hydroxyl groups excluding tert-OH is 1. The van der Waals surface area contributed by atoms with E-state index in [1.54, 1.807) is 13.2 Å². The predicted octanol–water partition coefficient (Wildman–Crippen LogP) is 0.682. The molecule has 0 spiro atoms. The monoisotopic (exact) mass is 332 g/mol. The highest BCUT2D eigenvalue weighted by molar-refractivity contribution is 5.90. The number of anilines is 1. The molecule has 2 aromatic heterocycles. The number of nitrogens with zero attached hydrogens (tertiary/aromatic N) is 4. The molecule has 1 unspecified atom stereocenters. The van der Waals surface area contributed by atoms with Crippen molar-refractivity contribution in [2.45, 2.75) is 38.6 Å². The summed E-state index contributed by atoms with van der Waals surface area (Å²) in [5.41, 5.74) is 1.50. The molecule has 0 radical (unpaired) electrons. The Labute approximate surface area is 140 Å². The van der Waals surface area contributed by atoms with Crippen LogP contribution in [-0.2, 0) is 14.1 Å². The van der Waals surface area contributed by atoms with Gasteiger partial charge >= 0.3 is 5.69 Å². The van der Waals surface area contributed by atoms with Gasteiger partial charge in [-0.15, -0.1) is 0 Å². The fraction of sp³-hybridized carbons (Fsp3) is 0.588. The highest BCUT2D eigenvalue weighted by Gasteiger charge is 2.27. The van der Waals surface area contributed by atoms with Crippen LogP contribution in [0.4, 0.5) is 5.69 Å². The fourth-order valence-electron chi connectivity index (χ4n) is 3.72. The molecule has 7 nitrogen and oxygen atoms in total. The second kappa shape index (κ2) is 6.39. The Morgan fingerprint density at radius 3 is 2.71 bits per heavy atom. The number of pyridine rings is 1. The van der Waals surface area contributed by atoms with E-state index >= 15 is 0 Å². The van der Waals surface area contributed by atoms with Crippen molar-refractivity contribution in [2.24, 2.45) is 14.1 Å². The minimum Gasteiger partial charge on any atom is -0.396 e. The largest absolute Gasteiger partial charge is 0.396 e. The zero-order valence-electron chi connectivity index (χ0n) is 14.4. The Kier molecular flexibility index (Phi) is 4.45. The molecule has 1 fully saturated rings. The van der Waals surface area contributed by atoms with E-state index < -0.39 is 0 Å². The van der Waals surface area contributed by atoms with Gasteiger partial charge in [0.15, 0.2) is 5.65 Å². The minimum atomic E-state index is -0.375. The lowest BCUT2D eigenvalue weighted by atomic mass is 9.97. The Hall–Kier alpha value is -2.15. The van der Waals surface area contributed by atoms with Crippen molar-refractivity contribution in [1.29, 1.82) is 0 Å². The molecule has 1 saturated heterocycles. The highest BCUT2D eigenvalue weighted by atomic mass is 16.3.